The molecule has 0 aliphatic carbocycles. The molecular weight excluding hydrogens is 398 g/mol. The maximum absolute atomic E-state index is 12.9. The van der Waals surface area contributed by atoms with E-state index in [9.17, 15) is 14.4 Å². The average molecular weight is 412 g/mol. The molecule has 28 heavy (non-hydrogen) atoms. The fraction of sp³-hybridized carbons (Fsp3) is 0.0952. The molecule has 1 aliphatic heterocycles. The molecule has 0 saturated heterocycles. The van der Waals surface area contributed by atoms with Crippen molar-refractivity contribution in [3.05, 3.63) is 75.6 Å². The first kappa shape index (κ1) is 18.4. The molecule has 0 unspecified atom stereocenters. The molecule has 1 aliphatic rings. The van der Waals surface area contributed by atoms with Crippen LogP contribution in [0.2, 0.25) is 5.02 Å². The zero-order chi connectivity index (χ0) is 19.8. The van der Waals surface area contributed by atoms with E-state index in [4.69, 9.17) is 16.3 Å². The molecule has 5 nitrogen and oxygen atoms in total. The molecular formula is C21H14ClNO4S. The number of nitrogens with zero attached hydrogens (tertiary/aromatic N) is 1. The van der Waals surface area contributed by atoms with Crippen molar-refractivity contribution in [2.45, 2.75) is 6.92 Å². The molecule has 0 saturated carbocycles. The molecule has 1 aromatic heterocycles. The molecule has 0 atom stereocenters. The number of imide groups is 1. The number of hydrogen-bond donors (Lipinski definition) is 0. The van der Waals surface area contributed by atoms with E-state index < -0.39 is 17.8 Å². The highest BCUT2D eigenvalue weighted by Gasteiger charge is 2.40. The molecule has 0 fully saturated rings. The van der Waals surface area contributed by atoms with Gasteiger partial charge in [0.25, 0.3) is 11.8 Å². The Morgan fingerprint density at radius 1 is 1.04 bits per heavy atom. The maximum atomic E-state index is 12.9. The summed E-state index contributed by atoms with van der Waals surface area (Å²) in [6, 6.07) is 13.6. The number of esters is 1. The minimum Gasteiger partial charge on any atom is -0.462 e. The summed E-state index contributed by atoms with van der Waals surface area (Å²) in [6.07, 6.45) is 0. The highest BCUT2D eigenvalue weighted by Crippen LogP contribution is 2.41. The van der Waals surface area contributed by atoms with Gasteiger partial charge in [-0.25, -0.2) is 9.69 Å². The van der Waals surface area contributed by atoms with E-state index in [0.29, 0.717) is 27.3 Å². The van der Waals surface area contributed by atoms with Crippen LogP contribution in [-0.2, 0) is 4.74 Å². The van der Waals surface area contributed by atoms with Gasteiger partial charge in [0.2, 0.25) is 0 Å². The van der Waals surface area contributed by atoms with Crippen LogP contribution in [0.3, 0.4) is 0 Å². The second-order valence-electron chi connectivity index (χ2n) is 6.05. The van der Waals surface area contributed by atoms with E-state index in [-0.39, 0.29) is 17.2 Å². The SMILES string of the molecule is CCOC(=O)c1c(-c2cccc(Cl)c2)csc1N1C(=O)c2ccccc2C1=O. The first-order valence-corrected chi connectivity index (χ1v) is 9.81. The lowest BCUT2D eigenvalue weighted by molar-refractivity contribution is 0.0529. The van der Waals surface area contributed by atoms with Crippen LogP contribution in [0.1, 0.15) is 38.0 Å². The van der Waals surface area contributed by atoms with Gasteiger partial charge < -0.3 is 4.74 Å². The molecule has 4 rings (SSSR count). The number of rotatable bonds is 4. The summed E-state index contributed by atoms with van der Waals surface area (Å²) in [5, 5.41) is 2.50. The Labute approximate surface area is 170 Å². The lowest BCUT2D eigenvalue weighted by Crippen LogP contribution is -2.30. The number of carbonyl (C=O) groups excluding carboxylic acids is 3. The lowest BCUT2D eigenvalue weighted by Gasteiger charge is -2.14. The van der Waals surface area contributed by atoms with Crippen molar-refractivity contribution in [2.24, 2.45) is 0 Å². The van der Waals surface area contributed by atoms with Gasteiger partial charge in [-0.05, 0) is 36.8 Å². The van der Waals surface area contributed by atoms with E-state index >= 15 is 0 Å². The standard InChI is InChI=1S/C21H14ClNO4S/c1-2-27-21(26)17-16(12-6-5-7-13(22)10-12)11-28-20(17)23-18(24)14-8-3-4-9-15(14)19(23)25/h3-11H,2H2,1H3. The van der Waals surface area contributed by atoms with E-state index in [0.717, 1.165) is 16.2 Å². The normalized spacial score (nSPS) is 13.0. The summed E-state index contributed by atoms with van der Waals surface area (Å²) >= 11 is 7.24. The second-order valence-corrected chi connectivity index (χ2v) is 7.35. The van der Waals surface area contributed by atoms with Crippen LogP contribution in [0.25, 0.3) is 11.1 Å². The predicted octanol–water partition coefficient (Wildman–Crippen LogP) is 5.05. The Balaban J connectivity index is 1.88. The number of thiophene rings is 1. The Morgan fingerprint density at radius 2 is 1.71 bits per heavy atom. The lowest BCUT2D eigenvalue weighted by atomic mass is 10.0. The summed E-state index contributed by atoms with van der Waals surface area (Å²) < 4.78 is 5.21. The number of carbonyl (C=O) groups is 3. The zero-order valence-electron chi connectivity index (χ0n) is 14.8. The van der Waals surface area contributed by atoms with Crippen LogP contribution in [0, 0.1) is 0 Å². The van der Waals surface area contributed by atoms with E-state index in [1.165, 1.54) is 0 Å². The summed E-state index contributed by atoms with van der Waals surface area (Å²) in [5.41, 5.74) is 2.09. The van der Waals surface area contributed by atoms with Crippen LogP contribution < -0.4 is 4.90 Å². The summed E-state index contributed by atoms with van der Waals surface area (Å²) in [7, 11) is 0. The zero-order valence-corrected chi connectivity index (χ0v) is 16.3. The molecule has 0 radical (unpaired) electrons. The molecule has 2 amide bonds. The van der Waals surface area contributed by atoms with Crippen molar-refractivity contribution in [3.8, 4) is 11.1 Å². The predicted molar refractivity (Wildman–Crippen MR) is 108 cm³/mol. The fourth-order valence-corrected chi connectivity index (χ4v) is 4.41. The van der Waals surface area contributed by atoms with E-state index in [2.05, 4.69) is 0 Å². The van der Waals surface area contributed by atoms with Crippen LogP contribution in [0.15, 0.2) is 53.9 Å². The van der Waals surface area contributed by atoms with Crippen molar-refractivity contribution >= 4 is 45.7 Å². The van der Waals surface area contributed by atoms with Gasteiger partial charge in [-0.1, -0.05) is 35.9 Å². The molecule has 3 aromatic rings. The number of fused-ring (bicyclic) bond motifs is 1. The third-order valence-corrected chi connectivity index (χ3v) is 5.58. The topological polar surface area (TPSA) is 63.7 Å². The summed E-state index contributed by atoms with van der Waals surface area (Å²) in [4.78, 5) is 39.6. The maximum Gasteiger partial charge on any atom is 0.341 e. The first-order chi connectivity index (χ1) is 13.5. The Hall–Kier alpha value is -2.96. The highest BCUT2D eigenvalue weighted by molar-refractivity contribution is 7.15. The van der Waals surface area contributed by atoms with E-state index in [1.54, 1.807) is 54.8 Å². The molecule has 0 N–H and O–H groups in total. The number of anilines is 1. The molecule has 140 valence electrons. The number of ether oxygens (including phenoxy) is 1. The third kappa shape index (κ3) is 2.91. The molecule has 2 aromatic carbocycles. The van der Waals surface area contributed by atoms with E-state index in [1.807, 2.05) is 6.07 Å². The van der Waals surface area contributed by atoms with Crippen LogP contribution in [0.5, 0.6) is 0 Å². The number of halogens is 1. The van der Waals surface area contributed by atoms with Crippen LogP contribution >= 0.6 is 22.9 Å². The quantitative estimate of drug-likeness (QED) is 0.445. The summed E-state index contributed by atoms with van der Waals surface area (Å²) in [6.45, 7) is 1.87. The van der Waals surface area contributed by atoms with Gasteiger partial charge in [0.15, 0.2) is 0 Å². The number of hydrogen-bond acceptors (Lipinski definition) is 5. The largest absolute Gasteiger partial charge is 0.462 e. The van der Waals surface area contributed by atoms with Crippen molar-refractivity contribution in [2.75, 3.05) is 11.5 Å². The van der Waals surface area contributed by atoms with Crippen molar-refractivity contribution in [1.29, 1.82) is 0 Å². The van der Waals surface area contributed by atoms with Gasteiger partial charge >= 0.3 is 5.97 Å². The number of benzene rings is 2. The van der Waals surface area contributed by atoms with Gasteiger partial charge in [0.1, 0.15) is 10.6 Å². The summed E-state index contributed by atoms with van der Waals surface area (Å²) in [5.74, 6) is -1.50. The van der Waals surface area contributed by atoms with Gasteiger partial charge in [0, 0.05) is 16.0 Å². The minimum absolute atomic E-state index is 0.172. The highest BCUT2D eigenvalue weighted by atomic mass is 35.5. The van der Waals surface area contributed by atoms with Crippen molar-refractivity contribution in [3.63, 3.8) is 0 Å². The smallest absolute Gasteiger partial charge is 0.341 e. The molecule has 7 heteroatoms. The van der Waals surface area contributed by atoms with Gasteiger partial charge in [0.05, 0.1) is 17.7 Å². The molecule has 2 heterocycles. The van der Waals surface area contributed by atoms with Crippen LogP contribution in [0.4, 0.5) is 5.00 Å². The minimum atomic E-state index is -0.592. The monoisotopic (exact) mass is 411 g/mol. The molecule has 0 bridgehead atoms. The Kier molecular flexibility index (Phi) is 4.75. The first-order valence-electron chi connectivity index (χ1n) is 8.55. The Bertz CT molecular complexity index is 1090. The van der Waals surface area contributed by atoms with Crippen LogP contribution in [-0.4, -0.2) is 24.4 Å². The van der Waals surface area contributed by atoms with Crippen molar-refractivity contribution in [1.82, 2.24) is 0 Å². The Morgan fingerprint density at radius 3 is 2.32 bits per heavy atom. The van der Waals surface area contributed by atoms with Crippen molar-refractivity contribution < 1.29 is 19.1 Å². The van der Waals surface area contributed by atoms with Gasteiger partial charge in [-0.3, -0.25) is 9.59 Å². The number of amides is 2. The average Bonchev–Trinajstić information content (AvgIpc) is 3.22. The fourth-order valence-electron chi connectivity index (χ4n) is 3.15. The second kappa shape index (κ2) is 7.22. The third-order valence-electron chi connectivity index (χ3n) is 4.38. The van der Waals surface area contributed by atoms with Gasteiger partial charge in [-0.2, -0.15) is 0 Å². The molecule has 0 spiro atoms. The van der Waals surface area contributed by atoms with Gasteiger partial charge in [-0.15, -0.1) is 11.3 Å².